The number of imide groups is 1. The van der Waals surface area contributed by atoms with Gasteiger partial charge in [0.1, 0.15) is 11.5 Å². The van der Waals surface area contributed by atoms with E-state index >= 15 is 0 Å². The average molecular weight is 560 g/mol. The molecule has 2 amide bonds. The summed E-state index contributed by atoms with van der Waals surface area (Å²) in [6, 6.07) is 24.1. The van der Waals surface area contributed by atoms with Gasteiger partial charge in [0.25, 0.3) is 0 Å². The molecule has 8 heteroatoms. The minimum atomic E-state index is -0.938. The minimum Gasteiger partial charge on any atom is -0.494 e. The molecule has 4 aliphatic rings. The number of esters is 1. The number of fused-ring (bicyclic) bond motifs is 8. The molecule has 42 heavy (non-hydrogen) atoms. The molecule has 0 N–H and O–H groups in total. The lowest BCUT2D eigenvalue weighted by Crippen LogP contribution is -2.42. The Morgan fingerprint density at radius 1 is 0.857 bits per heavy atom. The number of carbonyl (C=O) groups excluding carboxylic acids is 3. The smallest absolute Gasteiger partial charge is 0.319 e. The summed E-state index contributed by atoms with van der Waals surface area (Å²) in [5.74, 6) is -2.15. The second-order valence-corrected chi connectivity index (χ2v) is 10.8. The van der Waals surface area contributed by atoms with Crippen LogP contribution in [0.1, 0.15) is 24.0 Å². The Kier molecular flexibility index (Phi) is 5.41. The monoisotopic (exact) mass is 559 g/mol. The molecule has 0 unspecified atom stereocenters. The second-order valence-electron chi connectivity index (χ2n) is 10.8. The van der Waals surface area contributed by atoms with Gasteiger partial charge in [-0.3, -0.25) is 14.4 Å². The highest BCUT2D eigenvalue weighted by molar-refractivity contribution is 6.24. The van der Waals surface area contributed by atoms with Gasteiger partial charge in [0, 0.05) is 16.9 Å². The molecule has 1 saturated heterocycles. The van der Waals surface area contributed by atoms with Gasteiger partial charge in [-0.15, -0.1) is 0 Å². The van der Waals surface area contributed by atoms with Crippen molar-refractivity contribution in [1.29, 1.82) is 0 Å². The van der Waals surface area contributed by atoms with E-state index in [1.807, 2.05) is 67.6 Å². The number of hydrogen-bond acceptors (Lipinski definition) is 7. The summed E-state index contributed by atoms with van der Waals surface area (Å²) in [7, 11) is 0. The molecule has 208 valence electrons. The van der Waals surface area contributed by atoms with Gasteiger partial charge in [-0.2, -0.15) is 0 Å². The van der Waals surface area contributed by atoms with Gasteiger partial charge in [0.15, 0.2) is 11.5 Å². The van der Waals surface area contributed by atoms with Gasteiger partial charge in [0.05, 0.1) is 30.0 Å². The zero-order valence-corrected chi connectivity index (χ0v) is 22.6. The van der Waals surface area contributed by atoms with Crippen LogP contribution in [0, 0.1) is 17.8 Å². The fourth-order valence-electron chi connectivity index (χ4n) is 6.85. The molecular weight excluding hydrogens is 534 g/mol. The Morgan fingerprint density at radius 2 is 1.64 bits per heavy atom. The lowest BCUT2D eigenvalue weighted by Gasteiger charge is -2.38. The van der Waals surface area contributed by atoms with Crippen LogP contribution in [-0.2, 0) is 14.4 Å². The van der Waals surface area contributed by atoms with Gasteiger partial charge >= 0.3 is 5.97 Å². The second kappa shape index (κ2) is 9.21. The topological polar surface area (TPSA) is 91.4 Å². The normalized spacial score (nSPS) is 23.7. The summed E-state index contributed by atoms with van der Waals surface area (Å²) < 4.78 is 22.7. The zero-order valence-electron chi connectivity index (χ0n) is 22.6. The van der Waals surface area contributed by atoms with Crippen LogP contribution < -0.4 is 23.8 Å². The van der Waals surface area contributed by atoms with Crippen LogP contribution in [0.4, 0.5) is 5.69 Å². The molecule has 0 bridgehead atoms. The molecule has 3 heterocycles. The molecule has 4 atom stereocenters. The number of anilines is 1. The third kappa shape index (κ3) is 3.51. The molecule has 0 saturated carbocycles. The number of amides is 2. The summed E-state index contributed by atoms with van der Waals surface area (Å²) in [5.41, 5.74) is 2.69. The third-order valence-electron chi connectivity index (χ3n) is 8.67. The Balaban J connectivity index is 1.30. The zero-order chi connectivity index (χ0) is 28.5. The molecule has 3 aliphatic heterocycles. The maximum atomic E-state index is 14.2. The summed E-state index contributed by atoms with van der Waals surface area (Å²) in [5, 5.41) is 1.76. The molecular formula is C34H25NO7. The van der Waals surface area contributed by atoms with Crippen molar-refractivity contribution in [3.05, 3.63) is 96.1 Å². The Bertz CT molecular complexity index is 1840. The molecule has 0 radical (unpaired) electrons. The molecule has 4 aromatic carbocycles. The quantitative estimate of drug-likeness (QED) is 0.186. The van der Waals surface area contributed by atoms with Crippen LogP contribution in [0.3, 0.4) is 0 Å². The van der Waals surface area contributed by atoms with Crippen molar-refractivity contribution >= 4 is 39.8 Å². The average Bonchev–Trinajstić information content (AvgIpc) is 3.59. The van der Waals surface area contributed by atoms with E-state index < -0.39 is 35.5 Å². The van der Waals surface area contributed by atoms with Crippen molar-refractivity contribution in [3.63, 3.8) is 0 Å². The van der Waals surface area contributed by atoms with E-state index in [-0.39, 0.29) is 12.7 Å². The molecule has 1 aliphatic carbocycles. The molecule has 0 aromatic heterocycles. The van der Waals surface area contributed by atoms with E-state index in [1.54, 1.807) is 24.3 Å². The molecule has 8 nitrogen and oxygen atoms in total. The first kappa shape index (κ1) is 24.7. The largest absolute Gasteiger partial charge is 0.494 e. The van der Waals surface area contributed by atoms with Gasteiger partial charge in [-0.05, 0) is 59.8 Å². The highest BCUT2D eigenvalue weighted by atomic mass is 16.7. The Hall–Kier alpha value is -5.11. The molecule has 8 rings (SSSR count). The van der Waals surface area contributed by atoms with E-state index in [0.29, 0.717) is 40.9 Å². The number of hydrogen-bond donors (Lipinski definition) is 0. The molecule has 1 fully saturated rings. The van der Waals surface area contributed by atoms with Gasteiger partial charge in [-0.25, -0.2) is 4.90 Å². The van der Waals surface area contributed by atoms with Gasteiger partial charge in [0.2, 0.25) is 18.6 Å². The summed E-state index contributed by atoms with van der Waals surface area (Å²) in [6.45, 7) is 2.50. The van der Waals surface area contributed by atoms with E-state index in [0.717, 1.165) is 21.9 Å². The molecule has 0 spiro atoms. The van der Waals surface area contributed by atoms with Crippen molar-refractivity contribution in [2.45, 2.75) is 12.8 Å². The predicted octanol–water partition coefficient (Wildman–Crippen LogP) is 5.49. The van der Waals surface area contributed by atoms with Crippen LogP contribution >= 0.6 is 0 Å². The summed E-state index contributed by atoms with van der Waals surface area (Å²) in [6.07, 6.45) is 1.98. The van der Waals surface area contributed by atoms with Crippen LogP contribution in [0.15, 0.2) is 84.9 Å². The Morgan fingerprint density at radius 3 is 2.48 bits per heavy atom. The van der Waals surface area contributed by atoms with E-state index in [4.69, 9.17) is 18.9 Å². The predicted molar refractivity (Wildman–Crippen MR) is 153 cm³/mol. The van der Waals surface area contributed by atoms with Crippen molar-refractivity contribution < 1.29 is 33.3 Å². The fraction of sp³-hybridized carbons (Fsp3) is 0.206. The highest BCUT2D eigenvalue weighted by Gasteiger charge is 2.60. The fourth-order valence-corrected chi connectivity index (χ4v) is 6.85. The Labute approximate surface area is 241 Å². The van der Waals surface area contributed by atoms with E-state index in [1.165, 1.54) is 4.90 Å². The highest BCUT2D eigenvalue weighted by Crippen LogP contribution is 2.56. The van der Waals surface area contributed by atoms with Gasteiger partial charge in [-0.1, -0.05) is 48.5 Å². The third-order valence-corrected chi connectivity index (χ3v) is 8.67. The first-order chi connectivity index (χ1) is 20.5. The number of carbonyl (C=O) groups is 3. The first-order valence-electron chi connectivity index (χ1n) is 14.0. The molecule has 4 aromatic rings. The van der Waals surface area contributed by atoms with Crippen LogP contribution in [0.2, 0.25) is 0 Å². The van der Waals surface area contributed by atoms with Gasteiger partial charge < -0.3 is 18.9 Å². The first-order valence-corrected chi connectivity index (χ1v) is 14.0. The SMILES string of the molecule is CCOc1ccc(N2C(=O)[C@@H]3[C@@H]4C(=O)Oc5c(ccc6ccccc56)C4=C[C@@H](c4ccc5c(c4)OCO5)[C@H]3C2=O)cc1. The summed E-state index contributed by atoms with van der Waals surface area (Å²) >= 11 is 0. The minimum absolute atomic E-state index is 0.119. The van der Waals surface area contributed by atoms with Crippen molar-refractivity contribution in [2.75, 3.05) is 18.3 Å². The van der Waals surface area contributed by atoms with Crippen molar-refractivity contribution in [3.8, 4) is 23.0 Å². The van der Waals surface area contributed by atoms with Crippen LogP contribution in [0.25, 0.3) is 16.3 Å². The standard InChI is InChI=1S/C34H25NO7/c1-2-39-21-11-9-20(10-12-21)35-32(36)28-24(19-8-14-26-27(15-19)41-17-40-26)16-25-23-13-7-18-5-3-4-6-22(18)31(23)42-34(38)29(25)30(28)33(35)37/h3-16,24,28-30H,2,17H2,1H3/t24-,28+,29+,30-/m0/s1. The number of allylic oxidation sites excluding steroid dienone is 1. The number of ether oxygens (including phenoxy) is 4. The maximum Gasteiger partial charge on any atom is 0.319 e. The number of rotatable bonds is 4. The van der Waals surface area contributed by atoms with Crippen LogP contribution in [-0.4, -0.2) is 31.2 Å². The van der Waals surface area contributed by atoms with E-state index in [2.05, 4.69) is 0 Å². The lowest BCUT2D eigenvalue weighted by atomic mass is 9.64. The number of nitrogens with zero attached hydrogens (tertiary/aromatic N) is 1. The lowest BCUT2D eigenvalue weighted by molar-refractivity contribution is -0.142. The summed E-state index contributed by atoms with van der Waals surface area (Å²) in [4.78, 5) is 43.5. The number of benzene rings is 4. The van der Waals surface area contributed by atoms with Crippen molar-refractivity contribution in [1.82, 2.24) is 0 Å². The maximum absolute atomic E-state index is 14.2. The van der Waals surface area contributed by atoms with Crippen molar-refractivity contribution in [2.24, 2.45) is 17.8 Å². The van der Waals surface area contributed by atoms with Crippen LogP contribution in [0.5, 0.6) is 23.0 Å². The van der Waals surface area contributed by atoms with E-state index in [9.17, 15) is 14.4 Å².